The Hall–Kier alpha value is -3.15. The van der Waals surface area contributed by atoms with Gasteiger partial charge in [-0.25, -0.2) is 9.79 Å². The van der Waals surface area contributed by atoms with Crippen molar-refractivity contribution >= 4 is 69.4 Å². The number of hydrogen-bond donors (Lipinski definition) is 0. The summed E-state index contributed by atoms with van der Waals surface area (Å²) in [4.78, 5) is 27.1. The van der Waals surface area contributed by atoms with Crippen LogP contribution in [0.15, 0.2) is 65.3 Å². The molecule has 0 atom stereocenters. The van der Waals surface area contributed by atoms with E-state index in [0.717, 1.165) is 9.13 Å². The van der Waals surface area contributed by atoms with Crippen LogP contribution in [0.25, 0.3) is 6.08 Å². The van der Waals surface area contributed by atoms with Crippen molar-refractivity contribution in [1.82, 2.24) is 0 Å². The molecule has 35 heavy (non-hydrogen) atoms. The molecule has 0 radical (unpaired) electrons. The van der Waals surface area contributed by atoms with Gasteiger partial charge in [0.1, 0.15) is 6.61 Å². The number of ether oxygens (including phenoxy) is 3. The Morgan fingerprint density at radius 2 is 1.94 bits per heavy atom. The lowest BCUT2D eigenvalue weighted by atomic mass is 10.1. The van der Waals surface area contributed by atoms with Crippen molar-refractivity contribution in [2.75, 3.05) is 7.11 Å². The summed E-state index contributed by atoms with van der Waals surface area (Å²) in [6.45, 7) is 0.243. The van der Waals surface area contributed by atoms with E-state index >= 15 is 0 Å². The fourth-order valence-corrected chi connectivity index (χ4v) is 4.29. The quantitative estimate of drug-likeness (QED) is 0.0986. The van der Waals surface area contributed by atoms with Crippen molar-refractivity contribution in [3.63, 3.8) is 0 Å². The molecule has 0 bridgehead atoms. The van der Waals surface area contributed by atoms with Crippen molar-refractivity contribution in [2.45, 2.75) is 6.61 Å². The van der Waals surface area contributed by atoms with Crippen LogP contribution in [-0.2, 0) is 16.1 Å². The predicted octanol–water partition coefficient (Wildman–Crippen LogP) is 6.44. The van der Waals surface area contributed by atoms with Crippen LogP contribution >= 0.6 is 45.8 Å². The summed E-state index contributed by atoms with van der Waals surface area (Å²) < 4.78 is 17.4. The highest BCUT2D eigenvalue weighted by atomic mass is 127. The van der Waals surface area contributed by atoms with Crippen LogP contribution in [0.2, 0.25) is 10.0 Å². The van der Waals surface area contributed by atoms with E-state index in [1.165, 1.54) is 25.3 Å². The molecule has 0 saturated heterocycles. The monoisotopic (exact) mass is 624 g/mol. The molecule has 1 heterocycles. The lowest BCUT2D eigenvalue weighted by Crippen LogP contribution is -2.05. The molecule has 0 aliphatic carbocycles. The molecule has 8 nitrogen and oxygen atoms in total. The number of hydrogen-bond acceptors (Lipinski definition) is 7. The molecule has 0 fully saturated rings. The van der Waals surface area contributed by atoms with Crippen LogP contribution in [0.5, 0.6) is 11.5 Å². The zero-order valence-electron chi connectivity index (χ0n) is 18.0. The minimum atomic E-state index is -0.666. The van der Waals surface area contributed by atoms with Gasteiger partial charge in [-0.15, -0.1) is 0 Å². The molecule has 0 N–H and O–H groups in total. The second kappa shape index (κ2) is 10.6. The number of nitro groups is 1. The first-order chi connectivity index (χ1) is 16.7. The third-order valence-electron chi connectivity index (χ3n) is 4.85. The molecule has 1 aliphatic heterocycles. The van der Waals surface area contributed by atoms with Gasteiger partial charge in [0.15, 0.2) is 17.2 Å². The van der Waals surface area contributed by atoms with Crippen molar-refractivity contribution in [2.24, 2.45) is 4.99 Å². The van der Waals surface area contributed by atoms with E-state index < -0.39 is 10.9 Å². The zero-order chi connectivity index (χ0) is 25.1. The minimum absolute atomic E-state index is 0.00630. The number of esters is 1. The van der Waals surface area contributed by atoms with Gasteiger partial charge in [-0.3, -0.25) is 10.1 Å². The van der Waals surface area contributed by atoms with Gasteiger partial charge in [-0.1, -0.05) is 35.3 Å². The van der Waals surface area contributed by atoms with Gasteiger partial charge >= 0.3 is 5.97 Å². The number of methoxy groups -OCH3 is 1. The molecular weight excluding hydrogens is 610 g/mol. The Kier molecular flexibility index (Phi) is 7.58. The Morgan fingerprint density at radius 3 is 2.66 bits per heavy atom. The molecule has 178 valence electrons. The number of carbonyl (C=O) groups is 1. The second-order valence-corrected chi connectivity index (χ2v) is 9.19. The Balaban J connectivity index is 1.59. The van der Waals surface area contributed by atoms with Gasteiger partial charge in [0.25, 0.3) is 5.69 Å². The van der Waals surface area contributed by atoms with Gasteiger partial charge in [-0.05, 0) is 70.1 Å². The highest BCUT2D eigenvalue weighted by molar-refractivity contribution is 14.1. The first-order valence-electron chi connectivity index (χ1n) is 9.97. The van der Waals surface area contributed by atoms with Crippen molar-refractivity contribution in [1.29, 1.82) is 0 Å². The maximum atomic E-state index is 12.4. The number of halogens is 3. The van der Waals surface area contributed by atoms with Crippen LogP contribution in [0.4, 0.5) is 5.69 Å². The average Bonchev–Trinajstić information content (AvgIpc) is 3.20. The van der Waals surface area contributed by atoms with Crippen LogP contribution in [-0.4, -0.2) is 23.9 Å². The number of benzene rings is 3. The third kappa shape index (κ3) is 5.75. The zero-order valence-corrected chi connectivity index (χ0v) is 21.6. The lowest BCUT2D eigenvalue weighted by Gasteiger charge is -2.14. The normalized spacial score (nSPS) is 14.0. The third-order valence-corrected chi connectivity index (χ3v) is 6.39. The van der Waals surface area contributed by atoms with E-state index in [-0.39, 0.29) is 23.9 Å². The fraction of sp³-hybridized carbons (Fsp3) is 0.0833. The summed E-state index contributed by atoms with van der Waals surface area (Å²) in [5, 5.41) is 11.9. The second-order valence-electron chi connectivity index (χ2n) is 7.21. The number of cyclic esters (lactones) is 1. The van der Waals surface area contributed by atoms with E-state index in [9.17, 15) is 14.9 Å². The smallest absolute Gasteiger partial charge is 0.363 e. The standard InChI is InChI=1S/C24H15Cl2IN2O6/c1-33-21-10-14(8-19(27)22(21)34-12-13-5-6-17(25)18(26)7-13)9-20-24(30)35-23(28-20)15-3-2-4-16(11-15)29(31)32/h2-11H,12H2,1H3/b20-9-. The molecule has 1 aliphatic rings. The molecule has 11 heteroatoms. The fourth-order valence-electron chi connectivity index (χ4n) is 3.19. The maximum Gasteiger partial charge on any atom is 0.363 e. The number of nitrogens with zero attached hydrogens (tertiary/aromatic N) is 2. The summed E-state index contributed by atoms with van der Waals surface area (Å²) in [6, 6.07) is 14.5. The topological polar surface area (TPSA) is 100 Å². The summed E-state index contributed by atoms with van der Waals surface area (Å²) in [7, 11) is 1.51. The molecule has 0 aromatic heterocycles. The average molecular weight is 625 g/mol. The number of aliphatic imine (C=N–C) groups is 1. The summed E-state index contributed by atoms with van der Waals surface area (Å²) in [5.74, 6) is 0.308. The summed E-state index contributed by atoms with van der Waals surface area (Å²) >= 11 is 14.1. The van der Waals surface area contributed by atoms with E-state index in [1.54, 1.807) is 36.4 Å². The number of non-ortho nitro benzene ring substituents is 1. The molecule has 0 saturated carbocycles. The molecule has 4 rings (SSSR count). The maximum absolute atomic E-state index is 12.4. The van der Waals surface area contributed by atoms with Crippen molar-refractivity contribution in [3.05, 3.63) is 101 Å². The largest absolute Gasteiger partial charge is 0.493 e. The molecule has 0 unspecified atom stereocenters. The van der Waals surface area contributed by atoms with E-state index in [2.05, 4.69) is 27.6 Å². The SMILES string of the molecule is COc1cc(/C=C2\N=C(c3cccc([N+](=O)[O-])c3)OC2=O)cc(I)c1OCc1ccc(Cl)c(Cl)c1. The van der Waals surface area contributed by atoms with Gasteiger partial charge in [0.05, 0.1) is 25.6 Å². The number of rotatable bonds is 7. The molecule has 0 amide bonds. The van der Waals surface area contributed by atoms with Crippen LogP contribution in [0, 0.1) is 13.7 Å². The first kappa shape index (κ1) is 25.0. The summed E-state index contributed by atoms with van der Waals surface area (Å²) in [6.07, 6.45) is 1.54. The van der Waals surface area contributed by atoms with E-state index in [1.807, 2.05) is 6.07 Å². The highest BCUT2D eigenvalue weighted by Gasteiger charge is 2.25. The molecule has 0 spiro atoms. The Morgan fingerprint density at radius 1 is 1.14 bits per heavy atom. The van der Waals surface area contributed by atoms with Gasteiger partial charge in [0, 0.05) is 17.7 Å². The molecule has 3 aromatic rings. The lowest BCUT2D eigenvalue weighted by molar-refractivity contribution is -0.384. The van der Waals surface area contributed by atoms with Gasteiger partial charge in [0.2, 0.25) is 5.90 Å². The van der Waals surface area contributed by atoms with Gasteiger partial charge in [-0.2, -0.15) is 0 Å². The number of carbonyl (C=O) groups excluding carboxylic acids is 1. The Bertz CT molecular complexity index is 1410. The van der Waals surface area contributed by atoms with E-state index in [4.69, 9.17) is 37.4 Å². The molecule has 3 aromatic carbocycles. The molecular formula is C24H15Cl2IN2O6. The van der Waals surface area contributed by atoms with Crippen molar-refractivity contribution in [3.8, 4) is 11.5 Å². The predicted molar refractivity (Wildman–Crippen MR) is 140 cm³/mol. The highest BCUT2D eigenvalue weighted by Crippen LogP contribution is 2.36. The van der Waals surface area contributed by atoms with E-state index in [0.29, 0.717) is 32.7 Å². The van der Waals surface area contributed by atoms with Gasteiger partial charge < -0.3 is 14.2 Å². The Labute approximate surface area is 223 Å². The number of nitro benzene ring substituents is 1. The van der Waals surface area contributed by atoms with Crippen molar-refractivity contribution < 1.29 is 23.9 Å². The summed E-state index contributed by atoms with van der Waals surface area (Å²) in [5.41, 5.74) is 1.71. The van der Waals surface area contributed by atoms with Crippen LogP contribution in [0.1, 0.15) is 16.7 Å². The minimum Gasteiger partial charge on any atom is -0.493 e. The van der Waals surface area contributed by atoms with Crippen LogP contribution in [0.3, 0.4) is 0 Å². The van der Waals surface area contributed by atoms with Crippen LogP contribution < -0.4 is 9.47 Å². The first-order valence-corrected chi connectivity index (χ1v) is 11.8.